The van der Waals surface area contributed by atoms with E-state index in [9.17, 15) is 10.1 Å². The van der Waals surface area contributed by atoms with Gasteiger partial charge in [-0.2, -0.15) is 0 Å². The molecule has 3 rings (SSSR count). The summed E-state index contributed by atoms with van der Waals surface area (Å²) >= 11 is 10.9. The second kappa shape index (κ2) is 5.06. The summed E-state index contributed by atoms with van der Waals surface area (Å²) in [5, 5.41) is 12.0. The van der Waals surface area contributed by atoms with Crippen LogP contribution in [-0.4, -0.2) is 33.2 Å². The molecule has 3 aromatic rings. The van der Waals surface area contributed by atoms with Gasteiger partial charge in [-0.05, 0) is 0 Å². The number of fused-ring (bicyclic) bond motifs is 1. The van der Waals surface area contributed by atoms with E-state index in [1.165, 1.54) is 0 Å². The molecule has 0 N–H and O–H groups in total. The zero-order valence-corrected chi connectivity index (χ0v) is 13.0. The van der Waals surface area contributed by atoms with Crippen LogP contribution in [-0.2, 0) is 0 Å². The molecular weight excluding hydrogens is 367 g/mol. The van der Waals surface area contributed by atoms with Crippen molar-refractivity contribution in [1.82, 2.24) is 13.5 Å². The Bertz CT molecular complexity index is 892. The third-order valence-electron chi connectivity index (χ3n) is 2.60. The van der Waals surface area contributed by atoms with E-state index < -0.39 is 4.92 Å². The fraction of sp³-hybridized carbons (Fsp3) is 0. The SMILES string of the molecule is O=[N+]([O-])c1cnc(Cl)nc1-n1[se]c2ccccc2c1=S. The first-order valence-electron chi connectivity index (χ1n) is 5.36. The molecule has 2 aromatic heterocycles. The minimum atomic E-state index is -0.534. The first kappa shape index (κ1) is 13.4. The van der Waals surface area contributed by atoms with Crippen LogP contribution in [0.1, 0.15) is 0 Å². The van der Waals surface area contributed by atoms with Crippen molar-refractivity contribution in [2.75, 3.05) is 0 Å². The monoisotopic (exact) mass is 372 g/mol. The quantitative estimate of drug-likeness (QED) is 0.228. The van der Waals surface area contributed by atoms with E-state index in [0.29, 0.717) is 4.64 Å². The molecule has 0 saturated heterocycles. The number of benzene rings is 1. The number of nitrogens with zero attached hydrogens (tertiary/aromatic N) is 4. The van der Waals surface area contributed by atoms with Gasteiger partial charge in [-0.15, -0.1) is 0 Å². The maximum absolute atomic E-state index is 11.1. The van der Waals surface area contributed by atoms with Gasteiger partial charge in [0.1, 0.15) is 0 Å². The van der Waals surface area contributed by atoms with Crippen LogP contribution in [0, 0.1) is 14.8 Å². The van der Waals surface area contributed by atoms with Crippen molar-refractivity contribution in [3.63, 3.8) is 0 Å². The van der Waals surface area contributed by atoms with E-state index in [-0.39, 0.29) is 31.5 Å². The van der Waals surface area contributed by atoms with Crippen LogP contribution in [0.25, 0.3) is 15.5 Å². The Morgan fingerprint density at radius 3 is 2.85 bits per heavy atom. The number of nitro groups is 1. The van der Waals surface area contributed by atoms with Gasteiger partial charge in [0, 0.05) is 0 Å². The fourth-order valence-electron chi connectivity index (χ4n) is 1.74. The van der Waals surface area contributed by atoms with E-state index in [1.54, 1.807) is 3.56 Å². The van der Waals surface area contributed by atoms with Gasteiger partial charge in [0.15, 0.2) is 0 Å². The van der Waals surface area contributed by atoms with Crippen molar-refractivity contribution >= 4 is 53.9 Å². The van der Waals surface area contributed by atoms with Crippen LogP contribution >= 0.6 is 23.8 Å². The van der Waals surface area contributed by atoms with Crippen LogP contribution in [0.2, 0.25) is 5.28 Å². The van der Waals surface area contributed by atoms with E-state index >= 15 is 0 Å². The molecule has 6 nitrogen and oxygen atoms in total. The van der Waals surface area contributed by atoms with Gasteiger partial charge in [0.25, 0.3) is 0 Å². The number of aromatic nitrogens is 3. The Hall–Kier alpha value is -1.60. The summed E-state index contributed by atoms with van der Waals surface area (Å²) in [4.78, 5) is 18.2. The molecule has 100 valence electrons. The Labute approximate surface area is 128 Å². The van der Waals surface area contributed by atoms with E-state index in [2.05, 4.69) is 9.97 Å². The third kappa shape index (κ3) is 2.16. The van der Waals surface area contributed by atoms with Crippen LogP contribution in [0.5, 0.6) is 0 Å². The molecule has 0 aliphatic heterocycles. The van der Waals surface area contributed by atoms with Gasteiger partial charge < -0.3 is 0 Å². The first-order valence-corrected chi connectivity index (χ1v) is 7.77. The van der Waals surface area contributed by atoms with Crippen LogP contribution in [0.3, 0.4) is 0 Å². The molecule has 1 aromatic carbocycles. The summed E-state index contributed by atoms with van der Waals surface area (Å²) < 4.78 is 3.26. The van der Waals surface area contributed by atoms with Crippen LogP contribution in [0.15, 0.2) is 30.5 Å². The van der Waals surface area contributed by atoms with Gasteiger partial charge in [-0.1, -0.05) is 0 Å². The Morgan fingerprint density at radius 2 is 2.15 bits per heavy atom. The summed E-state index contributed by atoms with van der Waals surface area (Å²) in [6.45, 7) is 0. The molecule has 0 radical (unpaired) electrons. The molecule has 0 saturated carbocycles. The van der Waals surface area contributed by atoms with Crippen molar-refractivity contribution in [2.45, 2.75) is 0 Å². The number of rotatable bonds is 2. The van der Waals surface area contributed by atoms with E-state index in [0.717, 1.165) is 15.8 Å². The maximum atomic E-state index is 11.1. The van der Waals surface area contributed by atoms with Crippen LogP contribution < -0.4 is 0 Å². The average molecular weight is 372 g/mol. The fourth-order valence-corrected chi connectivity index (χ4v) is 4.57. The van der Waals surface area contributed by atoms with Crippen molar-refractivity contribution in [3.8, 4) is 5.82 Å². The van der Waals surface area contributed by atoms with Gasteiger partial charge in [0.05, 0.1) is 0 Å². The van der Waals surface area contributed by atoms with E-state index in [1.807, 2.05) is 24.3 Å². The molecular formula is C11H5ClN4O2SSe. The Kier molecular flexibility index (Phi) is 3.39. The zero-order valence-electron chi connectivity index (χ0n) is 9.69. The molecule has 0 bridgehead atoms. The zero-order chi connectivity index (χ0) is 14.3. The van der Waals surface area contributed by atoms with Crippen molar-refractivity contribution in [1.29, 1.82) is 0 Å². The molecule has 0 fully saturated rings. The molecule has 0 atom stereocenters. The summed E-state index contributed by atoms with van der Waals surface area (Å²) in [6.07, 6.45) is 1.10. The molecule has 0 aliphatic carbocycles. The molecule has 0 spiro atoms. The number of hydrogen-bond acceptors (Lipinski definition) is 5. The first-order chi connectivity index (χ1) is 9.58. The third-order valence-corrected chi connectivity index (χ3v) is 5.74. The summed E-state index contributed by atoms with van der Waals surface area (Å²) in [6, 6.07) is 7.64. The normalized spacial score (nSPS) is 10.8. The second-order valence-electron chi connectivity index (χ2n) is 3.79. The van der Waals surface area contributed by atoms with Crippen molar-refractivity contribution in [2.24, 2.45) is 0 Å². The predicted octanol–water partition coefficient (Wildman–Crippen LogP) is 2.77. The number of hydrogen-bond donors (Lipinski definition) is 0. The summed E-state index contributed by atoms with van der Waals surface area (Å²) in [5.41, 5.74) is -0.202. The van der Waals surface area contributed by atoms with Gasteiger partial charge in [0.2, 0.25) is 0 Å². The van der Waals surface area contributed by atoms with Crippen molar-refractivity contribution in [3.05, 3.63) is 50.5 Å². The summed E-state index contributed by atoms with van der Waals surface area (Å²) in [7, 11) is 0. The molecule has 20 heavy (non-hydrogen) atoms. The number of halogens is 1. The standard InChI is InChI=1S/C11H5ClN4O2SSe/c12-11-13-5-7(16(17)18)9(14-11)15-10(19)6-3-1-2-4-8(6)20-15/h1-5H. The molecule has 0 amide bonds. The van der Waals surface area contributed by atoms with Crippen LogP contribution in [0.4, 0.5) is 5.69 Å². The summed E-state index contributed by atoms with van der Waals surface area (Å²) in [5.74, 6) is 0.149. The molecule has 2 heterocycles. The van der Waals surface area contributed by atoms with Gasteiger partial charge in [-0.3, -0.25) is 0 Å². The molecule has 0 aliphatic rings. The second-order valence-corrected chi connectivity index (χ2v) is 6.59. The van der Waals surface area contributed by atoms with Gasteiger partial charge in [-0.25, -0.2) is 0 Å². The predicted molar refractivity (Wildman–Crippen MR) is 78.3 cm³/mol. The minimum absolute atomic E-state index is 0.0415. The Morgan fingerprint density at radius 1 is 1.40 bits per heavy atom. The van der Waals surface area contributed by atoms with E-state index in [4.69, 9.17) is 23.8 Å². The average Bonchev–Trinajstić information content (AvgIpc) is 2.76. The van der Waals surface area contributed by atoms with Crippen molar-refractivity contribution < 1.29 is 4.92 Å². The van der Waals surface area contributed by atoms with Gasteiger partial charge >= 0.3 is 129 Å². The molecule has 9 heteroatoms. The topological polar surface area (TPSA) is 73.8 Å². The molecule has 0 unspecified atom stereocenters. The Balaban J connectivity index is 2.36.